The van der Waals surface area contributed by atoms with Crippen molar-refractivity contribution in [1.82, 2.24) is 14.8 Å². The lowest BCUT2D eigenvalue weighted by molar-refractivity contribution is 0.243. The number of fused-ring (bicyclic) bond motifs is 1. The van der Waals surface area contributed by atoms with Crippen molar-refractivity contribution >= 4 is 10.9 Å². The van der Waals surface area contributed by atoms with E-state index in [9.17, 15) is 0 Å². The van der Waals surface area contributed by atoms with Crippen LogP contribution in [0.2, 0.25) is 0 Å². The SMILES string of the molecule is CCn1cc(CN2CCCC2CNC)c2ccccc21. The topological polar surface area (TPSA) is 20.2 Å². The monoisotopic (exact) mass is 271 g/mol. The lowest BCUT2D eigenvalue weighted by atomic mass is 10.1. The van der Waals surface area contributed by atoms with Gasteiger partial charge in [0, 0.05) is 42.8 Å². The third-order valence-corrected chi connectivity index (χ3v) is 4.52. The van der Waals surface area contributed by atoms with Gasteiger partial charge in [-0.3, -0.25) is 4.90 Å². The molecule has 0 bridgehead atoms. The number of nitrogens with zero attached hydrogens (tertiary/aromatic N) is 2. The molecule has 1 fully saturated rings. The van der Waals surface area contributed by atoms with E-state index in [1.807, 2.05) is 0 Å². The van der Waals surface area contributed by atoms with E-state index in [2.05, 4.69) is 59.2 Å². The summed E-state index contributed by atoms with van der Waals surface area (Å²) in [6, 6.07) is 9.49. The van der Waals surface area contributed by atoms with E-state index in [4.69, 9.17) is 0 Å². The highest BCUT2D eigenvalue weighted by atomic mass is 15.2. The van der Waals surface area contributed by atoms with Crippen molar-refractivity contribution in [3.05, 3.63) is 36.0 Å². The molecule has 3 nitrogen and oxygen atoms in total. The summed E-state index contributed by atoms with van der Waals surface area (Å²) in [6.07, 6.45) is 5.01. The number of likely N-dealkylation sites (tertiary alicyclic amines) is 1. The van der Waals surface area contributed by atoms with Crippen LogP contribution in [0.4, 0.5) is 0 Å². The van der Waals surface area contributed by atoms with E-state index in [0.29, 0.717) is 6.04 Å². The van der Waals surface area contributed by atoms with Crippen LogP contribution in [0.3, 0.4) is 0 Å². The molecule has 0 radical (unpaired) electrons. The van der Waals surface area contributed by atoms with Crippen LogP contribution >= 0.6 is 0 Å². The summed E-state index contributed by atoms with van der Waals surface area (Å²) >= 11 is 0. The molecule has 1 aliphatic heterocycles. The third kappa shape index (κ3) is 2.48. The molecule has 1 aromatic heterocycles. The summed E-state index contributed by atoms with van der Waals surface area (Å²) in [6.45, 7) is 6.68. The Kier molecular flexibility index (Phi) is 4.08. The molecule has 20 heavy (non-hydrogen) atoms. The van der Waals surface area contributed by atoms with Crippen molar-refractivity contribution in [2.24, 2.45) is 0 Å². The molecule has 108 valence electrons. The summed E-state index contributed by atoms with van der Waals surface area (Å²) in [5.74, 6) is 0. The van der Waals surface area contributed by atoms with Gasteiger partial charge in [-0.2, -0.15) is 0 Å². The Morgan fingerprint density at radius 1 is 1.30 bits per heavy atom. The van der Waals surface area contributed by atoms with Crippen molar-refractivity contribution in [2.45, 2.75) is 38.9 Å². The van der Waals surface area contributed by atoms with Crippen LogP contribution in [0.15, 0.2) is 30.5 Å². The smallest absolute Gasteiger partial charge is 0.0483 e. The van der Waals surface area contributed by atoms with Crippen molar-refractivity contribution in [3.63, 3.8) is 0 Å². The number of para-hydroxylation sites is 1. The van der Waals surface area contributed by atoms with Gasteiger partial charge in [0.1, 0.15) is 0 Å². The second kappa shape index (κ2) is 5.98. The molecule has 1 aromatic carbocycles. The molecule has 1 aliphatic rings. The fourth-order valence-electron chi connectivity index (χ4n) is 3.50. The van der Waals surface area contributed by atoms with Crippen LogP contribution in [0.5, 0.6) is 0 Å². The van der Waals surface area contributed by atoms with Gasteiger partial charge < -0.3 is 9.88 Å². The van der Waals surface area contributed by atoms with Crippen molar-refractivity contribution in [3.8, 4) is 0 Å². The Bertz CT molecular complexity index is 573. The second-order valence-corrected chi connectivity index (χ2v) is 5.78. The maximum Gasteiger partial charge on any atom is 0.0483 e. The van der Waals surface area contributed by atoms with E-state index < -0.39 is 0 Å². The van der Waals surface area contributed by atoms with Crippen LogP contribution in [-0.4, -0.2) is 35.6 Å². The van der Waals surface area contributed by atoms with Gasteiger partial charge in [0.15, 0.2) is 0 Å². The van der Waals surface area contributed by atoms with Gasteiger partial charge in [0.25, 0.3) is 0 Å². The maximum atomic E-state index is 3.33. The van der Waals surface area contributed by atoms with Crippen molar-refractivity contribution < 1.29 is 0 Å². The zero-order valence-corrected chi connectivity index (χ0v) is 12.6. The predicted octanol–water partition coefficient (Wildman–Crippen LogP) is 2.85. The molecule has 3 heteroatoms. The van der Waals surface area contributed by atoms with Gasteiger partial charge in [0.2, 0.25) is 0 Å². The first kappa shape index (κ1) is 13.7. The number of aryl methyl sites for hydroxylation is 1. The number of likely N-dealkylation sites (N-methyl/N-ethyl adjacent to an activating group) is 1. The molecule has 2 heterocycles. The minimum atomic E-state index is 0.698. The van der Waals surface area contributed by atoms with Gasteiger partial charge in [-0.05, 0) is 45.0 Å². The molecule has 0 saturated carbocycles. The molecular formula is C17H25N3. The van der Waals surface area contributed by atoms with E-state index >= 15 is 0 Å². The van der Waals surface area contributed by atoms with E-state index in [0.717, 1.165) is 19.6 Å². The van der Waals surface area contributed by atoms with Crippen LogP contribution in [0.1, 0.15) is 25.3 Å². The van der Waals surface area contributed by atoms with Gasteiger partial charge in [-0.1, -0.05) is 18.2 Å². The number of aromatic nitrogens is 1. The normalized spacial score (nSPS) is 20.0. The summed E-state index contributed by atoms with van der Waals surface area (Å²) in [5, 5.41) is 4.75. The Morgan fingerprint density at radius 3 is 2.95 bits per heavy atom. The average Bonchev–Trinajstić information content (AvgIpc) is 3.05. The summed E-state index contributed by atoms with van der Waals surface area (Å²) in [7, 11) is 2.06. The maximum absolute atomic E-state index is 3.33. The fraction of sp³-hybridized carbons (Fsp3) is 0.529. The first-order chi connectivity index (χ1) is 9.83. The molecule has 1 atom stereocenters. The molecule has 0 spiro atoms. The number of benzene rings is 1. The summed E-state index contributed by atoms with van der Waals surface area (Å²) < 4.78 is 2.37. The fourth-order valence-corrected chi connectivity index (χ4v) is 3.50. The average molecular weight is 271 g/mol. The van der Waals surface area contributed by atoms with Crippen LogP contribution in [0.25, 0.3) is 10.9 Å². The summed E-state index contributed by atoms with van der Waals surface area (Å²) in [5.41, 5.74) is 2.85. The van der Waals surface area contributed by atoms with Crippen LogP contribution in [0, 0.1) is 0 Å². The van der Waals surface area contributed by atoms with Gasteiger partial charge in [-0.25, -0.2) is 0 Å². The second-order valence-electron chi connectivity index (χ2n) is 5.78. The highest BCUT2D eigenvalue weighted by molar-refractivity contribution is 5.83. The molecular weight excluding hydrogens is 246 g/mol. The lowest BCUT2D eigenvalue weighted by Crippen LogP contribution is -2.36. The number of hydrogen-bond donors (Lipinski definition) is 1. The quantitative estimate of drug-likeness (QED) is 0.902. The molecule has 1 N–H and O–H groups in total. The Morgan fingerprint density at radius 2 is 2.15 bits per heavy atom. The standard InChI is InChI=1S/C17H25N3/c1-3-19-12-14(16-8-4-5-9-17(16)19)13-20-10-6-7-15(20)11-18-2/h4-5,8-9,12,15,18H,3,6-7,10-11,13H2,1-2H3. The Hall–Kier alpha value is -1.32. The number of rotatable bonds is 5. The third-order valence-electron chi connectivity index (χ3n) is 4.52. The van der Waals surface area contributed by atoms with Crippen LogP contribution < -0.4 is 5.32 Å². The van der Waals surface area contributed by atoms with Gasteiger partial charge in [-0.15, -0.1) is 0 Å². The molecule has 2 aromatic rings. The first-order valence-electron chi connectivity index (χ1n) is 7.79. The molecule has 0 amide bonds. The summed E-state index contributed by atoms with van der Waals surface area (Å²) in [4.78, 5) is 2.64. The van der Waals surface area contributed by atoms with Crippen molar-refractivity contribution in [1.29, 1.82) is 0 Å². The highest BCUT2D eigenvalue weighted by Gasteiger charge is 2.24. The van der Waals surface area contributed by atoms with E-state index in [-0.39, 0.29) is 0 Å². The van der Waals surface area contributed by atoms with Gasteiger partial charge >= 0.3 is 0 Å². The predicted molar refractivity (Wildman–Crippen MR) is 85.0 cm³/mol. The Labute approximate surface area is 121 Å². The minimum Gasteiger partial charge on any atom is -0.347 e. The van der Waals surface area contributed by atoms with E-state index in [1.165, 1.54) is 35.9 Å². The first-order valence-corrected chi connectivity index (χ1v) is 7.79. The largest absolute Gasteiger partial charge is 0.347 e. The van der Waals surface area contributed by atoms with Crippen LogP contribution in [-0.2, 0) is 13.1 Å². The number of nitrogens with one attached hydrogen (secondary N) is 1. The molecule has 1 unspecified atom stereocenters. The highest BCUT2D eigenvalue weighted by Crippen LogP contribution is 2.26. The zero-order valence-electron chi connectivity index (χ0n) is 12.6. The van der Waals surface area contributed by atoms with Gasteiger partial charge in [0.05, 0.1) is 0 Å². The molecule has 3 rings (SSSR count). The number of hydrogen-bond acceptors (Lipinski definition) is 2. The van der Waals surface area contributed by atoms with Crippen molar-refractivity contribution in [2.75, 3.05) is 20.1 Å². The minimum absolute atomic E-state index is 0.698. The van der Waals surface area contributed by atoms with E-state index in [1.54, 1.807) is 0 Å². The molecule has 1 saturated heterocycles. The Balaban J connectivity index is 1.87. The molecule has 0 aliphatic carbocycles. The zero-order chi connectivity index (χ0) is 13.9. The lowest BCUT2D eigenvalue weighted by Gasteiger charge is -2.23.